The molecule has 6 nitrogen and oxygen atoms in total. The van der Waals surface area contributed by atoms with Crippen LogP contribution >= 0.6 is 11.6 Å². The van der Waals surface area contributed by atoms with E-state index in [-0.39, 0.29) is 23.2 Å². The van der Waals surface area contributed by atoms with E-state index in [1.165, 1.54) is 6.07 Å². The fourth-order valence-corrected chi connectivity index (χ4v) is 3.73. The van der Waals surface area contributed by atoms with Gasteiger partial charge in [-0.2, -0.15) is 0 Å². The number of benzene rings is 2. The molecule has 0 saturated heterocycles. The Morgan fingerprint density at radius 2 is 1.84 bits per heavy atom. The summed E-state index contributed by atoms with van der Waals surface area (Å²) in [5.74, 6) is -0.275. The zero-order chi connectivity index (χ0) is 22.1. The second kappa shape index (κ2) is 8.43. The zero-order valence-electron chi connectivity index (χ0n) is 16.9. The number of aryl methyl sites for hydroxylation is 1. The molecular formula is C23H19ClFNO5. The van der Waals surface area contributed by atoms with Crippen LogP contribution in [0.1, 0.15) is 37.7 Å². The second-order valence-corrected chi connectivity index (χ2v) is 7.59. The Labute approximate surface area is 183 Å². The van der Waals surface area contributed by atoms with Crippen molar-refractivity contribution in [3.05, 3.63) is 81.4 Å². The SMILES string of the molecule is Cc1cc(C(=O)COC(=O)c2ccc(F)cc2Cl)c(C)n1Cc1ccc2c(c1)OCO2. The van der Waals surface area contributed by atoms with Gasteiger partial charge >= 0.3 is 5.97 Å². The standard InChI is InChI=1S/C23H19ClFNO5/c1-13-7-18(20(27)11-29-23(28)17-5-4-16(25)9-19(17)24)14(2)26(13)10-15-3-6-21-22(8-15)31-12-30-21/h3-9H,10-12H2,1-2H3. The third-order valence-corrected chi connectivity index (χ3v) is 5.45. The molecule has 8 heteroatoms. The highest BCUT2D eigenvalue weighted by atomic mass is 35.5. The first-order valence-corrected chi connectivity index (χ1v) is 9.92. The van der Waals surface area contributed by atoms with Gasteiger partial charge in [-0.3, -0.25) is 4.79 Å². The Morgan fingerprint density at radius 1 is 1.06 bits per heavy atom. The van der Waals surface area contributed by atoms with Crippen LogP contribution in [0.4, 0.5) is 4.39 Å². The Balaban J connectivity index is 1.46. The molecule has 31 heavy (non-hydrogen) atoms. The molecule has 160 valence electrons. The van der Waals surface area contributed by atoms with Gasteiger partial charge in [-0.15, -0.1) is 0 Å². The van der Waals surface area contributed by atoms with E-state index in [9.17, 15) is 14.0 Å². The van der Waals surface area contributed by atoms with Crippen molar-refractivity contribution in [2.45, 2.75) is 20.4 Å². The maximum atomic E-state index is 13.1. The maximum absolute atomic E-state index is 13.1. The fraction of sp³-hybridized carbons (Fsp3) is 0.217. The van der Waals surface area contributed by atoms with Crippen molar-refractivity contribution in [3.63, 3.8) is 0 Å². The Kier molecular flexibility index (Phi) is 5.69. The lowest BCUT2D eigenvalue weighted by Crippen LogP contribution is -2.15. The highest BCUT2D eigenvalue weighted by Crippen LogP contribution is 2.33. The summed E-state index contributed by atoms with van der Waals surface area (Å²) < 4.78 is 31.0. The number of ketones is 1. The molecule has 0 amide bonds. The van der Waals surface area contributed by atoms with Gasteiger partial charge in [-0.25, -0.2) is 9.18 Å². The van der Waals surface area contributed by atoms with Crippen molar-refractivity contribution >= 4 is 23.4 Å². The van der Waals surface area contributed by atoms with Gasteiger partial charge in [0, 0.05) is 23.5 Å². The van der Waals surface area contributed by atoms with Crippen molar-refractivity contribution in [2.75, 3.05) is 13.4 Å². The van der Waals surface area contributed by atoms with Crippen LogP contribution < -0.4 is 9.47 Å². The summed E-state index contributed by atoms with van der Waals surface area (Å²) in [7, 11) is 0. The first kappa shape index (κ1) is 20.9. The minimum Gasteiger partial charge on any atom is -0.454 e. The van der Waals surface area contributed by atoms with Crippen LogP contribution in [0.25, 0.3) is 0 Å². The second-order valence-electron chi connectivity index (χ2n) is 7.18. The number of carbonyl (C=O) groups excluding carboxylic acids is 2. The van der Waals surface area contributed by atoms with Crippen molar-refractivity contribution in [1.82, 2.24) is 4.57 Å². The molecule has 0 aliphatic carbocycles. The van der Waals surface area contributed by atoms with E-state index >= 15 is 0 Å². The number of rotatable bonds is 6. The largest absolute Gasteiger partial charge is 0.454 e. The van der Waals surface area contributed by atoms with Gasteiger partial charge in [0.05, 0.1) is 10.6 Å². The molecule has 0 saturated carbocycles. The molecule has 3 aromatic rings. The number of halogens is 2. The first-order chi connectivity index (χ1) is 14.8. The number of nitrogens with zero attached hydrogens (tertiary/aromatic N) is 1. The summed E-state index contributed by atoms with van der Waals surface area (Å²) in [5, 5.41) is -0.0700. The predicted molar refractivity (Wildman–Crippen MR) is 112 cm³/mol. The highest BCUT2D eigenvalue weighted by molar-refractivity contribution is 6.33. The van der Waals surface area contributed by atoms with Gasteiger partial charge in [-0.1, -0.05) is 17.7 Å². The molecule has 0 bridgehead atoms. The number of fused-ring (bicyclic) bond motifs is 1. The lowest BCUT2D eigenvalue weighted by Gasteiger charge is -2.11. The molecule has 0 N–H and O–H groups in total. The van der Waals surface area contributed by atoms with Crippen molar-refractivity contribution < 1.29 is 28.2 Å². The van der Waals surface area contributed by atoms with E-state index in [1.807, 2.05) is 36.6 Å². The van der Waals surface area contributed by atoms with Crippen LogP contribution in [0.5, 0.6) is 11.5 Å². The van der Waals surface area contributed by atoms with Crippen LogP contribution in [0.15, 0.2) is 42.5 Å². The Bertz CT molecular complexity index is 1190. The van der Waals surface area contributed by atoms with E-state index in [0.717, 1.165) is 29.1 Å². The van der Waals surface area contributed by atoms with E-state index < -0.39 is 18.4 Å². The average Bonchev–Trinajstić information content (AvgIpc) is 3.31. The molecule has 1 aromatic heterocycles. The molecule has 0 radical (unpaired) electrons. The zero-order valence-corrected chi connectivity index (χ0v) is 17.7. The smallest absolute Gasteiger partial charge is 0.340 e. The number of ether oxygens (including phenoxy) is 3. The maximum Gasteiger partial charge on any atom is 0.340 e. The summed E-state index contributed by atoms with van der Waals surface area (Å²) in [5.41, 5.74) is 3.13. The van der Waals surface area contributed by atoms with Crippen molar-refractivity contribution in [1.29, 1.82) is 0 Å². The average molecular weight is 444 g/mol. The molecule has 0 unspecified atom stereocenters. The minimum absolute atomic E-state index is 0.00384. The first-order valence-electron chi connectivity index (χ1n) is 9.54. The van der Waals surface area contributed by atoms with Crippen LogP contribution in [0, 0.1) is 19.7 Å². The third-order valence-electron chi connectivity index (χ3n) is 5.14. The van der Waals surface area contributed by atoms with Crippen LogP contribution in [-0.2, 0) is 11.3 Å². The molecule has 2 aromatic carbocycles. The summed E-state index contributed by atoms with van der Waals surface area (Å²) in [6.07, 6.45) is 0. The van der Waals surface area contributed by atoms with Gasteiger partial charge < -0.3 is 18.8 Å². The lowest BCUT2D eigenvalue weighted by atomic mass is 10.1. The molecule has 0 spiro atoms. The topological polar surface area (TPSA) is 66.8 Å². The summed E-state index contributed by atoms with van der Waals surface area (Å²) in [6, 6.07) is 10.8. The Morgan fingerprint density at radius 3 is 2.61 bits per heavy atom. The molecular weight excluding hydrogens is 425 g/mol. The normalized spacial score (nSPS) is 12.1. The third kappa shape index (κ3) is 4.27. The van der Waals surface area contributed by atoms with Crippen LogP contribution in [0.2, 0.25) is 5.02 Å². The van der Waals surface area contributed by atoms with Crippen molar-refractivity contribution in [3.8, 4) is 11.5 Å². The summed E-state index contributed by atoms with van der Waals surface area (Å²) in [6.45, 7) is 4.06. The predicted octanol–water partition coefficient (Wildman–Crippen LogP) is 4.71. The number of hydrogen-bond donors (Lipinski definition) is 0. The molecule has 2 heterocycles. The van der Waals surface area contributed by atoms with E-state index in [0.29, 0.717) is 23.6 Å². The van der Waals surface area contributed by atoms with Crippen molar-refractivity contribution in [2.24, 2.45) is 0 Å². The van der Waals surface area contributed by atoms with Gasteiger partial charge in [0.1, 0.15) is 5.82 Å². The van der Waals surface area contributed by atoms with Crippen LogP contribution in [0.3, 0.4) is 0 Å². The monoisotopic (exact) mass is 443 g/mol. The number of Topliss-reactive ketones (excluding diaryl/α,β-unsaturated/α-hetero) is 1. The lowest BCUT2D eigenvalue weighted by molar-refractivity contribution is 0.0474. The summed E-state index contributed by atoms with van der Waals surface area (Å²) in [4.78, 5) is 24.9. The molecule has 1 aliphatic heterocycles. The van der Waals surface area contributed by atoms with E-state index in [1.54, 1.807) is 6.07 Å². The Hall–Kier alpha value is -3.32. The molecule has 0 atom stereocenters. The number of hydrogen-bond acceptors (Lipinski definition) is 5. The fourth-order valence-electron chi connectivity index (χ4n) is 3.49. The van der Waals surface area contributed by atoms with E-state index in [2.05, 4.69) is 0 Å². The quantitative estimate of drug-likeness (QED) is 0.407. The molecule has 1 aliphatic rings. The molecule has 0 fully saturated rings. The van der Waals surface area contributed by atoms with Gasteiger partial charge in [0.2, 0.25) is 12.6 Å². The number of esters is 1. The minimum atomic E-state index is -0.785. The number of carbonyl (C=O) groups is 2. The number of aromatic nitrogens is 1. The molecule has 4 rings (SSSR count). The van der Waals surface area contributed by atoms with E-state index in [4.69, 9.17) is 25.8 Å². The van der Waals surface area contributed by atoms with Crippen LogP contribution in [-0.4, -0.2) is 29.7 Å². The highest BCUT2D eigenvalue weighted by Gasteiger charge is 2.20. The van der Waals surface area contributed by atoms with Gasteiger partial charge in [0.15, 0.2) is 18.1 Å². The summed E-state index contributed by atoms with van der Waals surface area (Å²) >= 11 is 5.87. The van der Waals surface area contributed by atoms with Gasteiger partial charge in [-0.05, 0) is 55.8 Å². The van der Waals surface area contributed by atoms with Gasteiger partial charge in [0.25, 0.3) is 0 Å².